The van der Waals surface area contributed by atoms with Gasteiger partial charge in [-0.1, -0.05) is 0 Å². The Bertz CT molecular complexity index is 648. The summed E-state index contributed by atoms with van der Waals surface area (Å²) < 4.78 is 10.6. The van der Waals surface area contributed by atoms with Crippen molar-refractivity contribution in [3.8, 4) is 11.5 Å². The summed E-state index contributed by atoms with van der Waals surface area (Å²) in [6, 6.07) is 7.05. The Morgan fingerprint density at radius 1 is 1.29 bits per heavy atom. The van der Waals surface area contributed by atoms with Crippen LogP contribution in [0.4, 0.5) is 0 Å². The lowest BCUT2D eigenvalue weighted by Gasteiger charge is -2.11. The number of nitrogens with one attached hydrogen (secondary N) is 2. The van der Waals surface area contributed by atoms with E-state index in [1.165, 1.54) is 6.21 Å². The molecule has 0 fully saturated rings. The highest BCUT2D eigenvalue weighted by Crippen LogP contribution is 2.30. The van der Waals surface area contributed by atoms with Crippen LogP contribution in [-0.2, 0) is 0 Å². The third kappa shape index (κ3) is 3.22. The Kier molecular flexibility index (Phi) is 4.61. The summed E-state index contributed by atoms with van der Waals surface area (Å²) in [6.07, 6.45) is 3.21. The number of ether oxygens (including phenoxy) is 2. The number of carbonyl (C=O) groups is 1. The number of H-pyrrole nitrogens is 1. The molecule has 0 unspecified atom stereocenters. The Morgan fingerprint density at radius 2 is 2.10 bits per heavy atom. The van der Waals surface area contributed by atoms with Crippen molar-refractivity contribution in [2.24, 2.45) is 5.10 Å². The number of methoxy groups -OCH3 is 2. The number of aromatic nitrogens is 1. The van der Waals surface area contributed by atoms with E-state index in [2.05, 4.69) is 15.5 Å². The molecule has 6 heteroatoms. The molecule has 2 aromatic rings. The van der Waals surface area contributed by atoms with Gasteiger partial charge in [-0.15, -0.1) is 0 Å². The number of hydrogen-bond acceptors (Lipinski definition) is 4. The van der Waals surface area contributed by atoms with E-state index >= 15 is 0 Å². The molecule has 0 aliphatic heterocycles. The van der Waals surface area contributed by atoms with Crippen molar-refractivity contribution in [3.05, 3.63) is 47.3 Å². The molecule has 0 aliphatic carbocycles. The summed E-state index contributed by atoms with van der Waals surface area (Å²) in [6.45, 7) is 1.90. The molecule has 0 bridgehead atoms. The number of nitrogens with zero attached hydrogens (tertiary/aromatic N) is 1. The van der Waals surface area contributed by atoms with Crippen LogP contribution in [-0.4, -0.2) is 31.3 Å². The summed E-state index contributed by atoms with van der Waals surface area (Å²) in [5.41, 5.74) is 4.52. The number of aromatic amines is 1. The second-order valence-corrected chi connectivity index (χ2v) is 4.30. The molecule has 6 nitrogen and oxygen atoms in total. The second kappa shape index (κ2) is 6.60. The van der Waals surface area contributed by atoms with Crippen molar-refractivity contribution in [1.82, 2.24) is 10.4 Å². The van der Waals surface area contributed by atoms with E-state index in [-0.39, 0.29) is 5.91 Å². The number of hydrogen-bond donors (Lipinski definition) is 2. The van der Waals surface area contributed by atoms with E-state index in [0.29, 0.717) is 11.4 Å². The molecule has 0 saturated carbocycles. The van der Waals surface area contributed by atoms with Crippen molar-refractivity contribution in [2.45, 2.75) is 6.92 Å². The number of amides is 1. The topological polar surface area (TPSA) is 75.7 Å². The molecule has 0 radical (unpaired) electrons. The third-order valence-electron chi connectivity index (χ3n) is 3.02. The number of rotatable bonds is 5. The van der Waals surface area contributed by atoms with Crippen LogP contribution in [0.25, 0.3) is 0 Å². The fraction of sp³-hybridized carbons (Fsp3) is 0.200. The summed E-state index contributed by atoms with van der Waals surface area (Å²) in [7, 11) is 3.18. The molecular formula is C15H17N3O3. The minimum Gasteiger partial charge on any atom is -0.496 e. The molecular weight excluding hydrogens is 270 g/mol. The average Bonchev–Trinajstić information content (AvgIpc) is 3.02. The minimum absolute atomic E-state index is 0.305. The van der Waals surface area contributed by atoms with Gasteiger partial charge in [-0.2, -0.15) is 5.10 Å². The van der Waals surface area contributed by atoms with Gasteiger partial charge in [0.1, 0.15) is 17.2 Å². The Labute approximate surface area is 122 Å². The smallest absolute Gasteiger partial charge is 0.287 e. The van der Waals surface area contributed by atoms with Crippen molar-refractivity contribution in [3.63, 3.8) is 0 Å². The van der Waals surface area contributed by atoms with Crippen molar-refractivity contribution in [2.75, 3.05) is 14.2 Å². The van der Waals surface area contributed by atoms with Gasteiger partial charge >= 0.3 is 0 Å². The first-order chi connectivity index (χ1) is 10.2. The van der Waals surface area contributed by atoms with Gasteiger partial charge in [-0.05, 0) is 31.2 Å². The maximum absolute atomic E-state index is 11.7. The van der Waals surface area contributed by atoms with E-state index in [4.69, 9.17) is 9.47 Å². The van der Waals surface area contributed by atoms with E-state index in [0.717, 1.165) is 16.9 Å². The zero-order valence-corrected chi connectivity index (χ0v) is 12.1. The molecule has 2 rings (SSSR count). The van der Waals surface area contributed by atoms with Crippen LogP contribution >= 0.6 is 0 Å². The quantitative estimate of drug-likeness (QED) is 0.653. The summed E-state index contributed by atoms with van der Waals surface area (Å²) in [4.78, 5) is 14.5. The van der Waals surface area contributed by atoms with Crippen LogP contribution in [0.5, 0.6) is 11.5 Å². The van der Waals surface area contributed by atoms with Crippen LogP contribution in [0, 0.1) is 6.92 Å². The van der Waals surface area contributed by atoms with Gasteiger partial charge in [-0.25, -0.2) is 5.43 Å². The summed E-state index contributed by atoms with van der Waals surface area (Å²) in [5, 5.41) is 3.94. The van der Waals surface area contributed by atoms with Gasteiger partial charge in [0.15, 0.2) is 0 Å². The molecule has 0 atom stereocenters. The predicted octanol–water partition coefficient (Wildman–Crippen LogP) is 2.10. The van der Waals surface area contributed by atoms with E-state index < -0.39 is 0 Å². The molecule has 1 aromatic carbocycles. The first-order valence-corrected chi connectivity index (χ1v) is 6.35. The number of hydrazone groups is 1. The van der Waals surface area contributed by atoms with Crippen LogP contribution < -0.4 is 14.9 Å². The molecule has 1 heterocycles. The molecule has 0 aliphatic rings. The Balaban J connectivity index is 2.14. The lowest BCUT2D eigenvalue weighted by molar-refractivity contribution is 0.0951. The molecule has 1 amide bonds. The SMILES string of the molecule is COc1ccc(C=NNC(=O)c2ccc[nH]2)c(OC)c1C. The lowest BCUT2D eigenvalue weighted by Crippen LogP contribution is -2.17. The van der Waals surface area contributed by atoms with Crippen molar-refractivity contribution >= 4 is 12.1 Å². The molecule has 110 valence electrons. The van der Waals surface area contributed by atoms with E-state index in [1.54, 1.807) is 32.5 Å². The molecule has 0 saturated heterocycles. The zero-order chi connectivity index (χ0) is 15.2. The molecule has 0 spiro atoms. The van der Waals surface area contributed by atoms with Crippen LogP contribution in [0.15, 0.2) is 35.6 Å². The maximum atomic E-state index is 11.7. The van der Waals surface area contributed by atoms with Gasteiger partial charge in [0, 0.05) is 17.3 Å². The largest absolute Gasteiger partial charge is 0.496 e. The molecule has 21 heavy (non-hydrogen) atoms. The van der Waals surface area contributed by atoms with Crippen molar-refractivity contribution < 1.29 is 14.3 Å². The van der Waals surface area contributed by atoms with Gasteiger partial charge in [-0.3, -0.25) is 4.79 Å². The van der Waals surface area contributed by atoms with Crippen molar-refractivity contribution in [1.29, 1.82) is 0 Å². The van der Waals surface area contributed by atoms with Crippen LogP contribution in [0.3, 0.4) is 0 Å². The Hall–Kier alpha value is -2.76. The number of carbonyl (C=O) groups excluding carboxylic acids is 1. The Morgan fingerprint density at radius 3 is 2.71 bits per heavy atom. The average molecular weight is 287 g/mol. The predicted molar refractivity (Wildman–Crippen MR) is 80.1 cm³/mol. The first kappa shape index (κ1) is 14.6. The van der Waals surface area contributed by atoms with Gasteiger partial charge in [0.05, 0.1) is 20.4 Å². The van der Waals surface area contributed by atoms with Gasteiger partial charge in [0.25, 0.3) is 5.91 Å². The molecule has 2 N–H and O–H groups in total. The highest BCUT2D eigenvalue weighted by atomic mass is 16.5. The second-order valence-electron chi connectivity index (χ2n) is 4.30. The monoisotopic (exact) mass is 287 g/mol. The fourth-order valence-electron chi connectivity index (χ4n) is 1.98. The molecule has 1 aromatic heterocycles. The van der Waals surface area contributed by atoms with Crippen LogP contribution in [0.1, 0.15) is 21.6 Å². The standard InChI is InChI=1S/C15H17N3O3/c1-10-13(20-2)7-6-11(14(10)21-3)9-17-18-15(19)12-5-4-8-16-12/h4-9,16H,1-3H3,(H,18,19). The van der Waals surface area contributed by atoms with E-state index in [1.807, 2.05) is 19.1 Å². The maximum Gasteiger partial charge on any atom is 0.287 e. The normalized spacial score (nSPS) is 10.6. The van der Waals surface area contributed by atoms with Crippen LogP contribution in [0.2, 0.25) is 0 Å². The fourth-order valence-corrected chi connectivity index (χ4v) is 1.98. The van der Waals surface area contributed by atoms with E-state index in [9.17, 15) is 4.79 Å². The third-order valence-corrected chi connectivity index (χ3v) is 3.02. The highest BCUT2D eigenvalue weighted by Gasteiger charge is 2.10. The summed E-state index contributed by atoms with van der Waals surface area (Å²) in [5.74, 6) is 1.09. The van der Waals surface area contributed by atoms with Gasteiger partial charge < -0.3 is 14.5 Å². The van der Waals surface area contributed by atoms with Gasteiger partial charge in [0.2, 0.25) is 0 Å². The lowest BCUT2D eigenvalue weighted by atomic mass is 10.1. The first-order valence-electron chi connectivity index (χ1n) is 6.35. The highest BCUT2D eigenvalue weighted by molar-refractivity contribution is 5.93. The minimum atomic E-state index is -0.305. The summed E-state index contributed by atoms with van der Waals surface area (Å²) >= 11 is 0. The zero-order valence-electron chi connectivity index (χ0n) is 12.1. The number of benzene rings is 1.